The molecule has 8 aromatic rings. The van der Waals surface area contributed by atoms with Gasteiger partial charge in [0.05, 0.1) is 11.0 Å². The number of rotatable bonds is 4. The number of nitrogens with zero attached hydrogens (tertiary/aromatic N) is 2. The second kappa shape index (κ2) is 10.1. The molecule has 2 aromatic heterocycles. The molecule has 45 heavy (non-hydrogen) atoms. The zero-order valence-electron chi connectivity index (χ0n) is 24.6. The van der Waals surface area contributed by atoms with E-state index >= 15 is 0 Å². The molecule has 2 heterocycles. The Morgan fingerprint density at radius 2 is 1.24 bits per heavy atom. The normalized spacial score (nSPS) is 13.3. The molecule has 0 bridgehead atoms. The van der Waals surface area contributed by atoms with Gasteiger partial charge in [0.15, 0.2) is 0 Å². The van der Waals surface area contributed by atoms with Gasteiger partial charge in [-0.3, -0.25) is 9.20 Å². The Bertz CT molecular complexity index is 2530. The summed E-state index contributed by atoms with van der Waals surface area (Å²) in [4.78, 5) is 20.0. The quantitative estimate of drug-likeness (QED) is 0.209. The van der Waals surface area contributed by atoms with Crippen LogP contribution < -0.4 is 5.56 Å². The largest absolute Gasteiger partial charge is 0.268 e. The molecule has 0 amide bonds. The molecule has 3 heteroatoms. The highest BCUT2D eigenvalue weighted by Gasteiger charge is 2.25. The van der Waals surface area contributed by atoms with Crippen molar-refractivity contribution in [3.05, 3.63) is 162 Å². The maximum Gasteiger partial charge on any atom is 0.264 e. The van der Waals surface area contributed by atoms with Crippen LogP contribution in [0.25, 0.3) is 77.2 Å². The number of aromatic nitrogens is 2. The third-order valence-electron chi connectivity index (χ3n) is 9.18. The van der Waals surface area contributed by atoms with E-state index in [2.05, 4.69) is 115 Å². The van der Waals surface area contributed by atoms with E-state index < -0.39 is 0 Å². The van der Waals surface area contributed by atoms with Gasteiger partial charge in [-0.1, -0.05) is 127 Å². The molecule has 3 nitrogen and oxygen atoms in total. The molecule has 6 aromatic carbocycles. The Kier molecular flexibility index (Phi) is 5.79. The van der Waals surface area contributed by atoms with E-state index in [1.54, 1.807) is 0 Å². The molecule has 0 atom stereocenters. The minimum Gasteiger partial charge on any atom is -0.268 e. The topological polar surface area (TPSA) is 34.4 Å². The highest BCUT2D eigenvalue weighted by Crippen LogP contribution is 2.44. The van der Waals surface area contributed by atoms with Crippen molar-refractivity contribution < 1.29 is 0 Å². The summed E-state index contributed by atoms with van der Waals surface area (Å²) in [6, 6.07) is 44.0. The lowest BCUT2D eigenvalue weighted by atomic mass is 9.85. The number of fused-ring (bicyclic) bond motifs is 4. The fraction of sp³-hybridized carbons (Fsp3) is 0.0476. The van der Waals surface area contributed by atoms with E-state index in [-0.39, 0.29) is 5.56 Å². The lowest BCUT2D eigenvalue weighted by Gasteiger charge is -2.19. The van der Waals surface area contributed by atoms with Crippen LogP contribution in [0.4, 0.5) is 0 Å². The molecule has 212 valence electrons. The maximum absolute atomic E-state index is 14.6. The number of hydrogen-bond acceptors (Lipinski definition) is 2. The third kappa shape index (κ3) is 3.91. The standard InChI is InChI=1S/C42H28N2O/c45-42-34-23-13-22-32-31(27-14-5-1-6-15-27)24-25-33(39(32)34)41-43-40-36(44(41)42)26-35(28-16-7-2-8-17-28)37(29-18-9-3-10-19-29)38(40)30-20-11-4-12-21-30/h1-2,4-9,11-26H,3,10H2. The van der Waals surface area contributed by atoms with Crippen molar-refractivity contribution >= 4 is 43.8 Å². The van der Waals surface area contributed by atoms with Crippen molar-refractivity contribution in [3.63, 3.8) is 0 Å². The molecule has 0 radical (unpaired) electrons. The summed E-state index contributed by atoms with van der Waals surface area (Å²) in [6.45, 7) is 0. The minimum atomic E-state index is -0.0432. The van der Waals surface area contributed by atoms with Crippen LogP contribution in [0.3, 0.4) is 0 Å². The van der Waals surface area contributed by atoms with E-state index in [0.717, 1.165) is 79.0 Å². The Hall–Kier alpha value is -5.80. The van der Waals surface area contributed by atoms with Gasteiger partial charge in [0.25, 0.3) is 5.56 Å². The van der Waals surface area contributed by atoms with E-state index in [9.17, 15) is 4.79 Å². The lowest BCUT2D eigenvalue weighted by Crippen LogP contribution is -2.13. The van der Waals surface area contributed by atoms with Crippen LogP contribution in [0, 0.1) is 0 Å². The van der Waals surface area contributed by atoms with Crippen LogP contribution in [0.1, 0.15) is 18.4 Å². The molecule has 0 saturated heterocycles. The van der Waals surface area contributed by atoms with Crippen molar-refractivity contribution in [2.24, 2.45) is 0 Å². The number of imidazole rings is 1. The van der Waals surface area contributed by atoms with E-state index in [0.29, 0.717) is 11.0 Å². The van der Waals surface area contributed by atoms with Gasteiger partial charge < -0.3 is 0 Å². The molecule has 1 aliphatic rings. The zero-order chi connectivity index (χ0) is 29.9. The van der Waals surface area contributed by atoms with Crippen LogP contribution in [-0.4, -0.2) is 9.38 Å². The highest BCUT2D eigenvalue weighted by atomic mass is 16.1. The van der Waals surface area contributed by atoms with Gasteiger partial charge >= 0.3 is 0 Å². The first-order valence-corrected chi connectivity index (χ1v) is 15.5. The fourth-order valence-corrected chi connectivity index (χ4v) is 7.19. The number of allylic oxidation sites excluding steroid dienone is 4. The summed E-state index contributed by atoms with van der Waals surface area (Å²) in [5, 5.41) is 3.72. The monoisotopic (exact) mass is 576 g/mol. The molecule has 0 aliphatic heterocycles. The molecule has 0 N–H and O–H groups in total. The van der Waals surface area contributed by atoms with Gasteiger partial charge in [0.1, 0.15) is 5.65 Å². The maximum atomic E-state index is 14.6. The summed E-state index contributed by atoms with van der Waals surface area (Å²) < 4.78 is 1.85. The first-order chi connectivity index (χ1) is 22.3. The van der Waals surface area contributed by atoms with Crippen molar-refractivity contribution in [1.29, 1.82) is 0 Å². The van der Waals surface area contributed by atoms with Crippen molar-refractivity contribution in [3.8, 4) is 33.4 Å². The van der Waals surface area contributed by atoms with Crippen LogP contribution in [-0.2, 0) is 0 Å². The van der Waals surface area contributed by atoms with E-state index in [1.165, 1.54) is 5.57 Å². The van der Waals surface area contributed by atoms with Crippen molar-refractivity contribution in [2.75, 3.05) is 0 Å². The van der Waals surface area contributed by atoms with Crippen molar-refractivity contribution in [1.82, 2.24) is 9.38 Å². The summed E-state index contributed by atoms with van der Waals surface area (Å²) in [5.74, 6) is 0. The van der Waals surface area contributed by atoms with Gasteiger partial charge in [-0.05, 0) is 75.4 Å². The first kappa shape index (κ1) is 25.7. The zero-order valence-corrected chi connectivity index (χ0v) is 24.6. The third-order valence-corrected chi connectivity index (χ3v) is 9.18. The van der Waals surface area contributed by atoms with E-state index in [4.69, 9.17) is 4.98 Å². The Balaban J connectivity index is 1.48. The molecule has 9 rings (SSSR count). The number of pyridine rings is 1. The molecular weight excluding hydrogens is 548 g/mol. The Morgan fingerprint density at radius 1 is 0.578 bits per heavy atom. The average molecular weight is 577 g/mol. The summed E-state index contributed by atoms with van der Waals surface area (Å²) in [6.07, 6.45) is 8.86. The predicted molar refractivity (Wildman–Crippen MR) is 188 cm³/mol. The summed E-state index contributed by atoms with van der Waals surface area (Å²) in [5.41, 5.74) is 11.3. The second-order valence-corrected chi connectivity index (χ2v) is 11.7. The van der Waals surface area contributed by atoms with Crippen molar-refractivity contribution in [2.45, 2.75) is 12.8 Å². The second-order valence-electron chi connectivity index (χ2n) is 11.7. The van der Waals surface area contributed by atoms with Crippen LogP contribution >= 0.6 is 0 Å². The predicted octanol–water partition coefficient (Wildman–Crippen LogP) is 10.3. The molecule has 0 unspecified atom stereocenters. The first-order valence-electron chi connectivity index (χ1n) is 15.5. The molecule has 1 aliphatic carbocycles. The fourth-order valence-electron chi connectivity index (χ4n) is 7.19. The molecule has 0 fully saturated rings. The summed E-state index contributed by atoms with van der Waals surface area (Å²) in [7, 11) is 0. The van der Waals surface area contributed by atoms with E-state index in [1.807, 2.05) is 34.7 Å². The van der Waals surface area contributed by atoms with Gasteiger partial charge in [-0.15, -0.1) is 0 Å². The number of hydrogen-bond donors (Lipinski definition) is 0. The SMILES string of the molecule is O=c1c2cccc3c(-c4ccccc4)ccc(c32)c2nc3c(-c4ccccc4)c(C4=CCCC=C4)c(-c4ccccc4)cc3n12. The number of benzene rings is 6. The van der Waals surface area contributed by atoms with Crippen LogP contribution in [0.15, 0.2) is 150 Å². The summed E-state index contributed by atoms with van der Waals surface area (Å²) >= 11 is 0. The molecule has 0 spiro atoms. The minimum absolute atomic E-state index is 0.0432. The van der Waals surface area contributed by atoms with Gasteiger partial charge in [0, 0.05) is 21.7 Å². The molecular formula is C42H28N2O. The van der Waals surface area contributed by atoms with Gasteiger partial charge in [0.2, 0.25) is 0 Å². The lowest BCUT2D eigenvalue weighted by molar-refractivity contribution is 1.04. The van der Waals surface area contributed by atoms with Crippen LogP contribution in [0.2, 0.25) is 0 Å². The molecule has 0 saturated carbocycles. The van der Waals surface area contributed by atoms with Gasteiger partial charge in [-0.25, -0.2) is 4.98 Å². The Labute approximate surface area is 260 Å². The smallest absolute Gasteiger partial charge is 0.264 e. The average Bonchev–Trinajstić information content (AvgIpc) is 3.50. The Morgan fingerprint density at radius 3 is 1.93 bits per heavy atom. The van der Waals surface area contributed by atoms with Gasteiger partial charge in [-0.2, -0.15) is 0 Å². The highest BCUT2D eigenvalue weighted by molar-refractivity contribution is 6.20. The van der Waals surface area contributed by atoms with Crippen LogP contribution in [0.5, 0.6) is 0 Å².